The Labute approximate surface area is 259 Å². The SMILES string of the molecule is CCN1CCN(Cc2ccc(CC(=O)N3CCc4ccc(Oc5ncnn6cc(C#N)cc56)cc4[C@@H]3C)cc2C(F)(F)F)CC1. The summed E-state index contributed by atoms with van der Waals surface area (Å²) in [6, 6.07) is 13.4. The van der Waals surface area contributed by atoms with E-state index in [9.17, 15) is 23.2 Å². The maximum atomic E-state index is 14.2. The first-order chi connectivity index (χ1) is 21.6. The van der Waals surface area contributed by atoms with Crippen molar-refractivity contribution in [1.82, 2.24) is 29.3 Å². The lowest BCUT2D eigenvalue weighted by molar-refractivity contribution is -0.139. The van der Waals surface area contributed by atoms with E-state index in [1.165, 1.54) is 16.9 Å². The normalized spacial score (nSPS) is 17.7. The van der Waals surface area contributed by atoms with Crippen molar-refractivity contribution in [3.8, 4) is 17.7 Å². The molecule has 4 aromatic rings. The van der Waals surface area contributed by atoms with Crippen LogP contribution in [-0.4, -0.2) is 74.5 Å². The van der Waals surface area contributed by atoms with Crippen molar-refractivity contribution in [3.05, 3.63) is 88.4 Å². The number of hydrogen-bond acceptors (Lipinski definition) is 7. The van der Waals surface area contributed by atoms with Gasteiger partial charge in [0.2, 0.25) is 11.8 Å². The molecule has 2 aromatic heterocycles. The molecule has 9 nitrogen and oxygen atoms in total. The average molecular weight is 618 g/mol. The Morgan fingerprint density at radius 3 is 2.58 bits per heavy atom. The Bertz CT molecular complexity index is 1760. The molecular formula is C33H34F3N7O2. The standard InChI is InChI=1S/C33H34F3N7O2/c1-3-40-10-12-41(13-11-40)20-26-5-4-23(14-29(26)33(34,35)36)16-31(44)42-9-8-25-6-7-27(17-28(25)22(42)2)45-32-30-15-24(18-37)19-43(30)39-21-38-32/h4-7,14-15,17,19,21-22H,3,8-13,16,20H2,1-2H3/t22-/m0/s1. The number of alkyl halides is 3. The highest BCUT2D eigenvalue weighted by molar-refractivity contribution is 5.80. The largest absolute Gasteiger partial charge is 0.437 e. The van der Waals surface area contributed by atoms with Crippen LogP contribution >= 0.6 is 0 Å². The number of carbonyl (C=O) groups excluding carboxylic acids is 1. The Kier molecular flexibility index (Phi) is 8.48. The highest BCUT2D eigenvalue weighted by Gasteiger charge is 2.35. The van der Waals surface area contributed by atoms with E-state index in [4.69, 9.17) is 4.74 Å². The van der Waals surface area contributed by atoms with Crippen molar-refractivity contribution in [2.24, 2.45) is 0 Å². The number of fused-ring (bicyclic) bond motifs is 2. The molecule has 4 heterocycles. The molecule has 0 radical (unpaired) electrons. The molecule has 2 aliphatic rings. The molecule has 1 atom stereocenters. The van der Waals surface area contributed by atoms with Gasteiger partial charge in [-0.25, -0.2) is 4.52 Å². The van der Waals surface area contributed by atoms with Crippen molar-refractivity contribution in [1.29, 1.82) is 5.26 Å². The third-order valence-corrected chi connectivity index (χ3v) is 8.83. The minimum absolute atomic E-state index is 0.122. The van der Waals surface area contributed by atoms with Gasteiger partial charge in [-0.2, -0.15) is 28.5 Å². The average Bonchev–Trinajstić information content (AvgIpc) is 3.47. The number of piperazine rings is 1. The molecular weight excluding hydrogens is 583 g/mol. The highest BCUT2D eigenvalue weighted by atomic mass is 19.4. The lowest BCUT2D eigenvalue weighted by Crippen LogP contribution is -2.45. The molecule has 1 fully saturated rings. The first kappa shape index (κ1) is 30.6. The molecule has 1 amide bonds. The van der Waals surface area contributed by atoms with Gasteiger partial charge in [-0.1, -0.05) is 25.1 Å². The molecule has 0 bridgehead atoms. The lowest BCUT2D eigenvalue weighted by Gasteiger charge is -2.36. The number of amides is 1. The molecule has 2 aliphatic heterocycles. The van der Waals surface area contributed by atoms with Crippen LogP contribution in [0.3, 0.4) is 0 Å². The van der Waals surface area contributed by atoms with Crippen LogP contribution in [0.25, 0.3) is 5.52 Å². The Morgan fingerprint density at radius 2 is 1.84 bits per heavy atom. The van der Waals surface area contributed by atoms with E-state index in [1.54, 1.807) is 23.2 Å². The van der Waals surface area contributed by atoms with Crippen molar-refractivity contribution in [2.75, 3.05) is 39.3 Å². The van der Waals surface area contributed by atoms with Gasteiger partial charge in [-0.05, 0) is 66.4 Å². The summed E-state index contributed by atoms with van der Waals surface area (Å²) >= 11 is 0. The number of aromatic nitrogens is 3. The number of nitrogens with zero attached hydrogens (tertiary/aromatic N) is 7. The molecule has 0 spiro atoms. The van der Waals surface area contributed by atoms with Gasteiger partial charge in [0.25, 0.3) is 0 Å². The second-order valence-corrected chi connectivity index (χ2v) is 11.6. The molecule has 0 aliphatic carbocycles. The number of ether oxygens (including phenoxy) is 1. The van der Waals surface area contributed by atoms with Crippen molar-refractivity contribution in [2.45, 2.75) is 45.5 Å². The minimum Gasteiger partial charge on any atom is -0.437 e. The van der Waals surface area contributed by atoms with Crippen LogP contribution in [0, 0.1) is 11.3 Å². The van der Waals surface area contributed by atoms with Gasteiger partial charge in [-0.15, -0.1) is 0 Å². The van der Waals surface area contributed by atoms with E-state index in [0.29, 0.717) is 35.4 Å². The number of benzene rings is 2. The van der Waals surface area contributed by atoms with Crippen LogP contribution in [0.4, 0.5) is 13.2 Å². The van der Waals surface area contributed by atoms with E-state index < -0.39 is 11.7 Å². The molecule has 0 unspecified atom stereocenters. The van der Waals surface area contributed by atoms with Crippen LogP contribution in [0.15, 0.2) is 55.0 Å². The molecule has 1 saturated heterocycles. The van der Waals surface area contributed by atoms with E-state index in [2.05, 4.69) is 32.9 Å². The first-order valence-electron chi connectivity index (χ1n) is 15.1. The number of likely N-dealkylation sites (N-methyl/N-ethyl adjacent to an activating group) is 1. The molecule has 0 saturated carbocycles. The number of rotatable bonds is 7. The maximum Gasteiger partial charge on any atom is 0.416 e. The van der Waals surface area contributed by atoms with E-state index in [1.807, 2.05) is 25.1 Å². The van der Waals surface area contributed by atoms with E-state index >= 15 is 0 Å². The Balaban J connectivity index is 1.17. The van der Waals surface area contributed by atoms with Crippen LogP contribution in [0.1, 0.15) is 53.3 Å². The summed E-state index contributed by atoms with van der Waals surface area (Å²) in [5.74, 6) is 0.567. The summed E-state index contributed by atoms with van der Waals surface area (Å²) in [6.45, 7) is 8.78. The number of nitriles is 1. The molecule has 2 aromatic carbocycles. The van der Waals surface area contributed by atoms with Gasteiger partial charge < -0.3 is 14.5 Å². The number of halogens is 3. The Morgan fingerprint density at radius 1 is 1.07 bits per heavy atom. The molecule has 12 heteroatoms. The monoisotopic (exact) mass is 617 g/mol. The van der Waals surface area contributed by atoms with Crippen molar-refractivity contribution >= 4 is 11.4 Å². The smallest absolute Gasteiger partial charge is 0.416 e. The second-order valence-electron chi connectivity index (χ2n) is 11.6. The van der Waals surface area contributed by atoms with Crippen LogP contribution in [0.2, 0.25) is 0 Å². The summed E-state index contributed by atoms with van der Waals surface area (Å²) in [5, 5.41) is 13.4. The summed E-state index contributed by atoms with van der Waals surface area (Å²) in [7, 11) is 0. The molecule has 6 rings (SSSR count). The van der Waals surface area contributed by atoms with Gasteiger partial charge in [0, 0.05) is 45.5 Å². The summed E-state index contributed by atoms with van der Waals surface area (Å²) in [5.41, 5.74) is 2.86. The van der Waals surface area contributed by atoms with Crippen LogP contribution < -0.4 is 4.74 Å². The van der Waals surface area contributed by atoms with Crippen LogP contribution in [-0.2, 0) is 30.4 Å². The first-order valence-corrected chi connectivity index (χ1v) is 15.1. The fourth-order valence-corrected chi connectivity index (χ4v) is 6.27. The van der Waals surface area contributed by atoms with E-state index in [-0.39, 0.29) is 36.4 Å². The highest BCUT2D eigenvalue weighted by Crippen LogP contribution is 2.36. The van der Waals surface area contributed by atoms with Gasteiger partial charge in [0.15, 0.2) is 0 Å². The quantitative estimate of drug-likeness (QED) is 0.280. The number of hydrogen-bond donors (Lipinski definition) is 0. The van der Waals surface area contributed by atoms with Crippen LogP contribution in [0.5, 0.6) is 11.6 Å². The second kappa shape index (κ2) is 12.5. The maximum absolute atomic E-state index is 14.2. The van der Waals surface area contributed by atoms with Gasteiger partial charge in [0.1, 0.15) is 23.7 Å². The predicted octanol–water partition coefficient (Wildman–Crippen LogP) is 5.24. The Hall–Kier alpha value is -4.47. The van der Waals surface area contributed by atoms with Gasteiger partial charge >= 0.3 is 6.18 Å². The fourth-order valence-electron chi connectivity index (χ4n) is 6.27. The topological polar surface area (TPSA) is 90.0 Å². The summed E-state index contributed by atoms with van der Waals surface area (Å²) in [4.78, 5) is 23.8. The van der Waals surface area contributed by atoms with Crippen molar-refractivity contribution < 1.29 is 22.7 Å². The third-order valence-electron chi connectivity index (χ3n) is 8.83. The number of carbonyl (C=O) groups is 1. The molecule has 234 valence electrons. The van der Waals surface area contributed by atoms with Gasteiger partial charge in [0.05, 0.1) is 23.6 Å². The molecule has 45 heavy (non-hydrogen) atoms. The zero-order valence-electron chi connectivity index (χ0n) is 25.2. The summed E-state index contributed by atoms with van der Waals surface area (Å²) in [6.07, 6.45) is -1.09. The summed E-state index contributed by atoms with van der Waals surface area (Å²) < 4.78 is 50.1. The third kappa shape index (κ3) is 6.50. The minimum atomic E-state index is -4.51. The lowest BCUT2D eigenvalue weighted by atomic mass is 9.92. The van der Waals surface area contributed by atoms with Crippen molar-refractivity contribution in [3.63, 3.8) is 0 Å². The zero-order chi connectivity index (χ0) is 31.7. The fraction of sp³-hybridized carbons (Fsp3) is 0.394. The van der Waals surface area contributed by atoms with E-state index in [0.717, 1.165) is 49.9 Å². The molecule has 0 N–H and O–H groups in total. The zero-order valence-corrected chi connectivity index (χ0v) is 25.2. The van der Waals surface area contributed by atoms with Gasteiger partial charge in [-0.3, -0.25) is 9.69 Å². The predicted molar refractivity (Wildman–Crippen MR) is 161 cm³/mol.